The third-order valence-electron chi connectivity index (χ3n) is 4.03. The van der Waals surface area contributed by atoms with Crippen LogP contribution in [-0.2, 0) is 0 Å². The Bertz CT molecular complexity index is 1130. The standard InChI is InChI=1S/C20H15N3O/c21-20-22(15-9-3-1-4-10-15)18-14-8-7-13-17(18)19(24)23(20)16-11-5-2-6-12-16/h1-14,21H. The van der Waals surface area contributed by atoms with Gasteiger partial charge in [0.05, 0.1) is 16.6 Å². The zero-order valence-corrected chi connectivity index (χ0v) is 12.9. The van der Waals surface area contributed by atoms with E-state index in [1.807, 2.05) is 78.9 Å². The minimum absolute atomic E-state index is 0.121. The molecule has 4 rings (SSSR count). The second kappa shape index (κ2) is 5.66. The van der Waals surface area contributed by atoms with Crippen molar-refractivity contribution in [2.75, 3.05) is 0 Å². The average molecular weight is 313 g/mol. The van der Waals surface area contributed by atoms with Crippen LogP contribution in [0, 0.1) is 5.41 Å². The van der Waals surface area contributed by atoms with E-state index in [9.17, 15) is 4.79 Å². The molecule has 4 heteroatoms. The largest absolute Gasteiger partial charge is 0.280 e. The van der Waals surface area contributed by atoms with E-state index in [1.165, 1.54) is 4.57 Å². The van der Waals surface area contributed by atoms with Gasteiger partial charge in [-0.2, -0.15) is 0 Å². The van der Waals surface area contributed by atoms with Crippen LogP contribution >= 0.6 is 0 Å². The molecule has 0 atom stereocenters. The molecular weight excluding hydrogens is 298 g/mol. The van der Waals surface area contributed by atoms with Crippen molar-refractivity contribution >= 4 is 10.9 Å². The fraction of sp³-hybridized carbons (Fsp3) is 0. The van der Waals surface area contributed by atoms with Crippen LogP contribution in [0.1, 0.15) is 0 Å². The highest BCUT2D eigenvalue weighted by molar-refractivity contribution is 5.79. The van der Waals surface area contributed by atoms with E-state index < -0.39 is 0 Å². The van der Waals surface area contributed by atoms with Crippen LogP contribution in [0.4, 0.5) is 0 Å². The van der Waals surface area contributed by atoms with Gasteiger partial charge in [-0.05, 0) is 36.4 Å². The quantitative estimate of drug-likeness (QED) is 0.607. The van der Waals surface area contributed by atoms with E-state index in [2.05, 4.69) is 0 Å². The minimum Gasteiger partial charge on any atom is -0.280 e. The van der Waals surface area contributed by atoms with Gasteiger partial charge in [0.15, 0.2) is 0 Å². The van der Waals surface area contributed by atoms with Crippen LogP contribution in [0.15, 0.2) is 89.7 Å². The first-order valence-corrected chi connectivity index (χ1v) is 7.69. The maximum Gasteiger partial charge on any atom is 0.267 e. The van der Waals surface area contributed by atoms with Crippen molar-refractivity contribution in [2.24, 2.45) is 0 Å². The van der Waals surface area contributed by atoms with E-state index in [0.717, 1.165) is 11.2 Å². The maximum atomic E-state index is 13.0. The Morgan fingerprint density at radius 1 is 0.625 bits per heavy atom. The van der Waals surface area contributed by atoms with Crippen LogP contribution < -0.4 is 11.2 Å². The van der Waals surface area contributed by atoms with Crippen molar-refractivity contribution < 1.29 is 0 Å². The molecule has 0 fully saturated rings. The summed E-state index contributed by atoms with van der Waals surface area (Å²) in [6, 6.07) is 26.4. The predicted molar refractivity (Wildman–Crippen MR) is 94.7 cm³/mol. The molecule has 0 amide bonds. The second-order valence-electron chi connectivity index (χ2n) is 5.49. The van der Waals surface area contributed by atoms with E-state index in [-0.39, 0.29) is 11.2 Å². The summed E-state index contributed by atoms with van der Waals surface area (Å²) in [5.74, 6) is 0. The Morgan fingerprint density at radius 3 is 1.75 bits per heavy atom. The summed E-state index contributed by atoms with van der Waals surface area (Å²) in [5, 5.41) is 9.25. The van der Waals surface area contributed by atoms with Crippen molar-refractivity contribution in [1.82, 2.24) is 9.13 Å². The first-order valence-electron chi connectivity index (χ1n) is 7.69. The van der Waals surface area contributed by atoms with Gasteiger partial charge in [-0.15, -0.1) is 0 Å². The van der Waals surface area contributed by atoms with Gasteiger partial charge in [0.25, 0.3) is 5.56 Å². The summed E-state index contributed by atoms with van der Waals surface area (Å²) >= 11 is 0. The Kier molecular flexibility index (Phi) is 3.35. The van der Waals surface area contributed by atoms with E-state index in [0.29, 0.717) is 11.1 Å². The topological polar surface area (TPSA) is 50.8 Å². The monoisotopic (exact) mass is 313 g/mol. The lowest BCUT2D eigenvalue weighted by Crippen LogP contribution is -2.38. The molecule has 0 saturated carbocycles. The van der Waals surface area contributed by atoms with Crippen molar-refractivity contribution in [3.63, 3.8) is 0 Å². The number of hydrogen-bond acceptors (Lipinski definition) is 2. The van der Waals surface area contributed by atoms with Crippen molar-refractivity contribution in [1.29, 1.82) is 5.41 Å². The summed E-state index contributed by atoms with van der Waals surface area (Å²) in [4.78, 5) is 13.0. The maximum absolute atomic E-state index is 13.0. The zero-order chi connectivity index (χ0) is 16.5. The Hall–Kier alpha value is -3.40. The number of para-hydroxylation sites is 3. The molecule has 0 aliphatic rings. The van der Waals surface area contributed by atoms with Gasteiger partial charge in [0, 0.05) is 5.69 Å². The summed E-state index contributed by atoms with van der Waals surface area (Å²) in [6.45, 7) is 0. The van der Waals surface area contributed by atoms with Crippen LogP contribution in [0.2, 0.25) is 0 Å². The van der Waals surface area contributed by atoms with Crippen molar-refractivity contribution in [3.05, 3.63) is 101 Å². The lowest BCUT2D eigenvalue weighted by atomic mass is 10.2. The van der Waals surface area contributed by atoms with Crippen molar-refractivity contribution in [3.8, 4) is 11.4 Å². The van der Waals surface area contributed by atoms with Crippen LogP contribution in [0.3, 0.4) is 0 Å². The van der Waals surface area contributed by atoms with E-state index >= 15 is 0 Å². The Labute approximate surface area is 138 Å². The van der Waals surface area contributed by atoms with Gasteiger partial charge in [0.2, 0.25) is 5.62 Å². The number of nitrogens with one attached hydrogen (secondary N) is 1. The molecule has 4 aromatic rings. The summed E-state index contributed by atoms with van der Waals surface area (Å²) in [5.41, 5.74) is 2.20. The molecule has 4 nitrogen and oxygen atoms in total. The number of hydrogen-bond donors (Lipinski definition) is 1. The molecule has 1 heterocycles. The molecule has 0 aliphatic heterocycles. The molecular formula is C20H15N3O. The molecule has 0 saturated heterocycles. The lowest BCUT2D eigenvalue weighted by Gasteiger charge is -2.16. The second-order valence-corrected chi connectivity index (χ2v) is 5.49. The van der Waals surface area contributed by atoms with Gasteiger partial charge in [0.1, 0.15) is 0 Å². The van der Waals surface area contributed by atoms with Crippen LogP contribution in [0.5, 0.6) is 0 Å². The molecule has 1 N–H and O–H groups in total. The van der Waals surface area contributed by atoms with Crippen LogP contribution in [-0.4, -0.2) is 9.13 Å². The van der Waals surface area contributed by atoms with E-state index in [4.69, 9.17) is 5.41 Å². The van der Waals surface area contributed by atoms with Crippen LogP contribution in [0.25, 0.3) is 22.3 Å². The molecule has 0 radical (unpaired) electrons. The Balaban J connectivity index is 2.21. The van der Waals surface area contributed by atoms with Gasteiger partial charge in [-0.1, -0.05) is 48.5 Å². The molecule has 0 unspecified atom stereocenters. The van der Waals surface area contributed by atoms with Gasteiger partial charge in [-0.25, -0.2) is 4.57 Å². The number of benzene rings is 3. The van der Waals surface area contributed by atoms with Gasteiger partial charge in [-0.3, -0.25) is 14.8 Å². The first kappa shape index (κ1) is 14.2. The smallest absolute Gasteiger partial charge is 0.267 e. The molecule has 0 aliphatic carbocycles. The number of nitrogens with zero attached hydrogens (tertiary/aromatic N) is 2. The summed E-state index contributed by atoms with van der Waals surface area (Å²) in [6.07, 6.45) is 0. The van der Waals surface area contributed by atoms with Crippen molar-refractivity contribution in [2.45, 2.75) is 0 Å². The first-order chi connectivity index (χ1) is 11.8. The number of fused-ring (bicyclic) bond motifs is 1. The molecule has 1 aromatic heterocycles. The summed E-state index contributed by atoms with van der Waals surface area (Å²) < 4.78 is 3.24. The predicted octanol–water partition coefficient (Wildman–Crippen LogP) is 3.26. The minimum atomic E-state index is -0.186. The average Bonchev–Trinajstić information content (AvgIpc) is 2.64. The third kappa shape index (κ3) is 2.16. The third-order valence-corrected chi connectivity index (χ3v) is 4.03. The lowest BCUT2D eigenvalue weighted by molar-refractivity contribution is 0.777. The Morgan fingerprint density at radius 2 is 1.12 bits per heavy atom. The highest BCUT2D eigenvalue weighted by atomic mass is 16.1. The van der Waals surface area contributed by atoms with Gasteiger partial charge >= 0.3 is 0 Å². The number of rotatable bonds is 2. The highest BCUT2D eigenvalue weighted by Gasteiger charge is 2.12. The highest BCUT2D eigenvalue weighted by Crippen LogP contribution is 2.14. The number of aromatic nitrogens is 2. The molecule has 116 valence electrons. The summed E-state index contributed by atoms with van der Waals surface area (Å²) in [7, 11) is 0. The molecule has 3 aromatic carbocycles. The molecule has 24 heavy (non-hydrogen) atoms. The normalized spacial score (nSPS) is 10.8. The fourth-order valence-electron chi connectivity index (χ4n) is 2.94. The molecule has 0 bridgehead atoms. The fourth-order valence-corrected chi connectivity index (χ4v) is 2.94. The molecule has 0 spiro atoms. The zero-order valence-electron chi connectivity index (χ0n) is 12.9. The van der Waals surface area contributed by atoms with Gasteiger partial charge < -0.3 is 0 Å². The van der Waals surface area contributed by atoms with E-state index in [1.54, 1.807) is 10.6 Å². The SMILES string of the molecule is N=c1n(-c2ccccc2)c(=O)c2ccccc2n1-c1ccccc1.